The molecule has 0 unspecified atom stereocenters. The van der Waals surface area contributed by atoms with E-state index in [0.717, 1.165) is 36.1 Å². The standard InChI is InChI=1S/C26H28N6O2/c27-20-31-26(32-22-13-17-28-18-14-22)30-16-8-2-7-15-29-25(33)19-34-24-12-6-5-11-23(24)21-9-3-1-4-10-21/h1,3-6,9-14,17-18H,2,7-8,15-16,19H2,(H,29,33)(H2,28,30,31,32). The molecule has 0 atom stereocenters. The number of aliphatic imine (C=N–C) groups is 1. The van der Waals surface area contributed by atoms with Crippen molar-refractivity contribution in [2.45, 2.75) is 19.3 Å². The van der Waals surface area contributed by atoms with Gasteiger partial charge in [0.25, 0.3) is 5.91 Å². The number of amides is 1. The maximum atomic E-state index is 12.2. The Hall–Kier alpha value is -4.38. The number of ether oxygens (including phenoxy) is 1. The van der Waals surface area contributed by atoms with Gasteiger partial charge < -0.3 is 15.4 Å². The smallest absolute Gasteiger partial charge is 0.257 e. The van der Waals surface area contributed by atoms with Crippen molar-refractivity contribution < 1.29 is 9.53 Å². The van der Waals surface area contributed by atoms with E-state index in [2.05, 4.69) is 25.9 Å². The fourth-order valence-corrected chi connectivity index (χ4v) is 3.21. The van der Waals surface area contributed by atoms with E-state index in [9.17, 15) is 4.79 Å². The molecule has 1 amide bonds. The number of pyridine rings is 1. The quantitative estimate of drug-likeness (QED) is 0.132. The number of unbranched alkanes of at least 4 members (excludes halogenated alkanes) is 2. The maximum Gasteiger partial charge on any atom is 0.257 e. The van der Waals surface area contributed by atoms with Gasteiger partial charge in [-0.3, -0.25) is 20.1 Å². The predicted octanol–water partition coefficient (Wildman–Crippen LogP) is 3.95. The molecule has 0 spiro atoms. The number of guanidine groups is 1. The minimum atomic E-state index is -0.150. The number of anilines is 1. The first-order valence-corrected chi connectivity index (χ1v) is 11.2. The summed E-state index contributed by atoms with van der Waals surface area (Å²) in [6.07, 6.45) is 7.77. The summed E-state index contributed by atoms with van der Waals surface area (Å²) >= 11 is 0. The first kappa shape index (κ1) is 24.3. The summed E-state index contributed by atoms with van der Waals surface area (Å²) in [4.78, 5) is 20.5. The number of carbonyl (C=O) groups is 1. The average molecular weight is 457 g/mol. The topological polar surface area (TPSA) is 111 Å². The van der Waals surface area contributed by atoms with Gasteiger partial charge in [0.15, 0.2) is 12.8 Å². The molecule has 0 radical (unpaired) electrons. The zero-order chi connectivity index (χ0) is 23.8. The van der Waals surface area contributed by atoms with Crippen LogP contribution in [0.3, 0.4) is 0 Å². The number of para-hydroxylation sites is 1. The molecule has 0 bridgehead atoms. The second-order valence-corrected chi connectivity index (χ2v) is 7.39. The number of carbonyl (C=O) groups excluding carboxylic acids is 1. The zero-order valence-electron chi connectivity index (χ0n) is 18.9. The molecule has 1 heterocycles. The van der Waals surface area contributed by atoms with Crippen LogP contribution in [0, 0.1) is 11.5 Å². The Morgan fingerprint density at radius 1 is 0.971 bits per heavy atom. The molecule has 0 aliphatic heterocycles. The van der Waals surface area contributed by atoms with Gasteiger partial charge in [-0.25, -0.2) is 0 Å². The van der Waals surface area contributed by atoms with Crippen LogP contribution in [0.5, 0.6) is 5.75 Å². The second kappa shape index (κ2) is 13.9. The van der Waals surface area contributed by atoms with Crippen LogP contribution >= 0.6 is 0 Å². The average Bonchev–Trinajstić information content (AvgIpc) is 2.88. The third-order valence-electron chi connectivity index (χ3n) is 4.87. The van der Waals surface area contributed by atoms with Crippen LogP contribution in [0.4, 0.5) is 5.69 Å². The normalized spacial score (nSPS) is 10.7. The lowest BCUT2D eigenvalue weighted by Gasteiger charge is -2.12. The summed E-state index contributed by atoms with van der Waals surface area (Å²) in [5, 5.41) is 17.4. The molecule has 3 N–H and O–H groups in total. The molecule has 1 aromatic heterocycles. The number of nitrogens with zero attached hydrogens (tertiary/aromatic N) is 3. The lowest BCUT2D eigenvalue weighted by Crippen LogP contribution is -2.29. The Morgan fingerprint density at radius 3 is 2.53 bits per heavy atom. The molecule has 34 heavy (non-hydrogen) atoms. The minimum absolute atomic E-state index is 0.0298. The van der Waals surface area contributed by atoms with Gasteiger partial charge in [0.2, 0.25) is 5.96 Å². The molecule has 174 valence electrons. The fraction of sp³-hybridized carbons (Fsp3) is 0.231. The molecular formula is C26H28N6O2. The summed E-state index contributed by atoms with van der Waals surface area (Å²) < 4.78 is 5.77. The van der Waals surface area contributed by atoms with E-state index < -0.39 is 0 Å². The highest BCUT2D eigenvalue weighted by molar-refractivity contribution is 5.94. The fourth-order valence-electron chi connectivity index (χ4n) is 3.21. The van der Waals surface area contributed by atoms with Gasteiger partial charge in [0, 0.05) is 36.7 Å². The van der Waals surface area contributed by atoms with Crippen molar-refractivity contribution >= 4 is 17.6 Å². The Kier molecular flexibility index (Phi) is 9.93. The number of nitrogens with one attached hydrogen (secondary N) is 3. The number of aromatic nitrogens is 1. The van der Waals surface area contributed by atoms with Gasteiger partial charge in [-0.1, -0.05) is 48.5 Å². The van der Waals surface area contributed by atoms with Crippen molar-refractivity contribution in [3.8, 4) is 23.1 Å². The van der Waals surface area contributed by atoms with E-state index in [1.54, 1.807) is 24.5 Å². The van der Waals surface area contributed by atoms with Crippen molar-refractivity contribution in [2.24, 2.45) is 4.99 Å². The Morgan fingerprint density at radius 2 is 1.74 bits per heavy atom. The van der Waals surface area contributed by atoms with Crippen molar-refractivity contribution in [1.29, 1.82) is 5.26 Å². The van der Waals surface area contributed by atoms with Crippen molar-refractivity contribution in [1.82, 2.24) is 15.6 Å². The molecular weight excluding hydrogens is 428 g/mol. The maximum absolute atomic E-state index is 12.2. The highest BCUT2D eigenvalue weighted by Crippen LogP contribution is 2.29. The number of nitriles is 1. The van der Waals surface area contributed by atoms with Gasteiger partial charge >= 0.3 is 0 Å². The van der Waals surface area contributed by atoms with E-state index in [1.807, 2.05) is 60.8 Å². The minimum Gasteiger partial charge on any atom is -0.483 e. The van der Waals surface area contributed by atoms with Gasteiger partial charge in [-0.15, -0.1) is 0 Å². The Labute approximate surface area is 199 Å². The van der Waals surface area contributed by atoms with E-state index in [4.69, 9.17) is 10.00 Å². The molecule has 0 aliphatic rings. The van der Waals surface area contributed by atoms with Crippen molar-refractivity contribution in [2.75, 3.05) is 25.0 Å². The second-order valence-electron chi connectivity index (χ2n) is 7.39. The zero-order valence-corrected chi connectivity index (χ0v) is 18.9. The summed E-state index contributed by atoms with van der Waals surface area (Å²) in [5.41, 5.74) is 2.80. The summed E-state index contributed by atoms with van der Waals surface area (Å²) in [5.74, 6) is 0.932. The van der Waals surface area contributed by atoms with E-state index >= 15 is 0 Å². The lowest BCUT2D eigenvalue weighted by molar-refractivity contribution is -0.123. The third-order valence-corrected chi connectivity index (χ3v) is 4.87. The van der Waals surface area contributed by atoms with Crippen LogP contribution in [0.25, 0.3) is 11.1 Å². The summed E-state index contributed by atoms with van der Waals surface area (Å²) in [6.45, 7) is 1.11. The van der Waals surface area contributed by atoms with Crippen LogP contribution in [0.15, 0.2) is 84.1 Å². The van der Waals surface area contributed by atoms with Crippen LogP contribution in [-0.4, -0.2) is 36.5 Å². The van der Waals surface area contributed by atoms with Crippen LogP contribution in [0.1, 0.15) is 19.3 Å². The molecule has 3 rings (SSSR count). The molecule has 8 heteroatoms. The number of rotatable bonds is 11. The molecule has 0 saturated carbocycles. The number of benzene rings is 2. The third kappa shape index (κ3) is 8.28. The summed E-state index contributed by atoms with van der Waals surface area (Å²) in [7, 11) is 0. The molecule has 8 nitrogen and oxygen atoms in total. The molecule has 0 saturated heterocycles. The first-order valence-electron chi connectivity index (χ1n) is 11.2. The Bertz CT molecular complexity index is 1100. The monoisotopic (exact) mass is 456 g/mol. The molecule has 3 aromatic rings. The van der Waals surface area contributed by atoms with Crippen LogP contribution in [-0.2, 0) is 4.79 Å². The predicted molar refractivity (Wildman–Crippen MR) is 133 cm³/mol. The highest BCUT2D eigenvalue weighted by atomic mass is 16.5. The van der Waals surface area contributed by atoms with Crippen LogP contribution in [0.2, 0.25) is 0 Å². The van der Waals surface area contributed by atoms with Gasteiger partial charge in [-0.05, 0) is 43.0 Å². The van der Waals surface area contributed by atoms with Gasteiger partial charge in [0.05, 0.1) is 0 Å². The molecule has 0 aliphatic carbocycles. The lowest BCUT2D eigenvalue weighted by atomic mass is 10.1. The SMILES string of the molecule is N#CN/C(=N\CCCCCNC(=O)COc1ccccc1-c1ccccc1)Nc1ccncc1. The Balaban J connectivity index is 1.33. The number of hydrogen-bond acceptors (Lipinski definition) is 5. The van der Waals surface area contributed by atoms with E-state index in [1.165, 1.54) is 0 Å². The molecule has 2 aromatic carbocycles. The largest absolute Gasteiger partial charge is 0.483 e. The van der Waals surface area contributed by atoms with Crippen LogP contribution < -0.4 is 20.7 Å². The van der Waals surface area contributed by atoms with Gasteiger partial charge in [-0.2, -0.15) is 5.26 Å². The molecule has 0 fully saturated rings. The van der Waals surface area contributed by atoms with Crippen molar-refractivity contribution in [3.63, 3.8) is 0 Å². The van der Waals surface area contributed by atoms with E-state index in [-0.39, 0.29) is 12.5 Å². The first-order chi connectivity index (χ1) is 16.8. The summed E-state index contributed by atoms with van der Waals surface area (Å²) in [6, 6.07) is 21.2. The van der Waals surface area contributed by atoms with Gasteiger partial charge in [0.1, 0.15) is 5.75 Å². The highest BCUT2D eigenvalue weighted by Gasteiger charge is 2.08. The van der Waals surface area contributed by atoms with Crippen molar-refractivity contribution in [3.05, 3.63) is 79.1 Å². The van der Waals surface area contributed by atoms with E-state index in [0.29, 0.717) is 24.8 Å². The number of hydrogen-bond donors (Lipinski definition) is 3.